The molecule has 0 saturated carbocycles. The fourth-order valence-corrected chi connectivity index (χ4v) is 3.08. The molecule has 2 rings (SSSR count). The zero-order chi connectivity index (χ0) is 17.0. The van der Waals surface area contributed by atoms with Gasteiger partial charge in [0.2, 0.25) is 0 Å². The van der Waals surface area contributed by atoms with Crippen molar-refractivity contribution in [2.24, 2.45) is 0 Å². The molecule has 124 valence electrons. The number of halogens is 1. The van der Waals surface area contributed by atoms with Crippen molar-refractivity contribution in [3.05, 3.63) is 58.6 Å². The Morgan fingerprint density at radius 3 is 2.09 bits per heavy atom. The van der Waals surface area contributed by atoms with E-state index in [1.54, 1.807) is 0 Å². The minimum Gasteiger partial charge on any atom is -0.508 e. The molecule has 1 atom stereocenters. The monoisotopic (exact) mass is 332 g/mol. The lowest BCUT2D eigenvalue weighted by molar-refractivity contribution is 0.331. The van der Waals surface area contributed by atoms with Crippen molar-refractivity contribution in [2.75, 3.05) is 32.1 Å². The first kappa shape index (κ1) is 17.6. The molecule has 0 radical (unpaired) electrons. The number of nitrogens with zero attached hydrogens (tertiary/aromatic N) is 2. The molecule has 2 aromatic rings. The second-order valence-corrected chi connectivity index (χ2v) is 6.27. The van der Waals surface area contributed by atoms with E-state index in [1.165, 1.54) is 0 Å². The van der Waals surface area contributed by atoms with Crippen molar-refractivity contribution in [1.29, 1.82) is 0 Å². The van der Waals surface area contributed by atoms with E-state index in [9.17, 15) is 5.11 Å². The number of phenolic OH excluding ortho intramolecular Hbond substituents is 1. The van der Waals surface area contributed by atoms with Crippen molar-refractivity contribution < 1.29 is 5.11 Å². The molecular formula is C19H25ClN2O. The van der Waals surface area contributed by atoms with E-state index in [-0.39, 0.29) is 6.04 Å². The Morgan fingerprint density at radius 2 is 1.61 bits per heavy atom. The molecule has 2 aromatic carbocycles. The van der Waals surface area contributed by atoms with Crippen molar-refractivity contribution >= 4 is 17.3 Å². The summed E-state index contributed by atoms with van der Waals surface area (Å²) in [5.74, 6) is 0.322. The smallest absolute Gasteiger partial charge is 0.122 e. The summed E-state index contributed by atoms with van der Waals surface area (Å²) in [6.45, 7) is 6.07. The fraction of sp³-hybridized carbons (Fsp3) is 0.368. The van der Waals surface area contributed by atoms with E-state index >= 15 is 0 Å². The molecule has 0 spiro atoms. The normalized spacial score (nSPS) is 12.4. The van der Waals surface area contributed by atoms with Crippen LogP contribution in [0.15, 0.2) is 42.5 Å². The second kappa shape index (κ2) is 7.71. The minimum absolute atomic E-state index is 0.0157. The van der Waals surface area contributed by atoms with Gasteiger partial charge in [-0.25, -0.2) is 0 Å². The molecule has 0 aliphatic rings. The van der Waals surface area contributed by atoms with E-state index in [0.29, 0.717) is 10.8 Å². The van der Waals surface area contributed by atoms with Crippen LogP contribution in [0.3, 0.4) is 0 Å². The zero-order valence-electron chi connectivity index (χ0n) is 14.3. The van der Waals surface area contributed by atoms with Crippen LogP contribution in [0, 0.1) is 0 Å². The Bertz CT molecular complexity index is 636. The van der Waals surface area contributed by atoms with Gasteiger partial charge in [-0.1, -0.05) is 29.8 Å². The summed E-state index contributed by atoms with van der Waals surface area (Å²) in [4.78, 5) is 4.31. The predicted octanol–water partition coefficient (Wildman–Crippen LogP) is 4.54. The number of aromatic hydroxyl groups is 1. The number of anilines is 1. The highest BCUT2D eigenvalue weighted by Crippen LogP contribution is 2.35. The maximum Gasteiger partial charge on any atom is 0.122 e. The van der Waals surface area contributed by atoms with Gasteiger partial charge < -0.3 is 10.0 Å². The van der Waals surface area contributed by atoms with Crippen molar-refractivity contribution in [1.82, 2.24) is 4.90 Å². The average Bonchev–Trinajstić information content (AvgIpc) is 2.52. The SMILES string of the molecule is CCN(CC)c1ccc(C(c2ccc(Cl)cc2)N(C)C)c(O)c1. The first-order valence-electron chi connectivity index (χ1n) is 7.97. The number of hydrogen-bond acceptors (Lipinski definition) is 3. The fourth-order valence-electron chi connectivity index (χ4n) is 2.95. The highest BCUT2D eigenvalue weighted by Gasteiger charge is 2.20. The van der Waals surface area contributed by atoms with E-state index in [1.807, 2.05) is 50.5 Å². The van der Waals surface area contributed by atoms with E-state index in [4.69, 9.17) is 11.6 Å². The van der Waals surface area contributed by atoms with Crippen LogP contribution in [0.25, 0.3) is 0 Å². The van der Waals surface area contributed by atoms with E-state index in [0.717, 1.165) is 29.9 Å². The largest absolute Gasteiger partial charge is 0.508 e. The quantitative estimate of drug-likeness (QED) is 0.841. The van der Waals surface area contributed by atoms with Gasteiger partial charge in [-0.05, 0) is 51.7 Å². The summed E-state index contributed by atoms with van der Waals surface area (Å²) in [7, 11) is 4.02. The Morgan fingerprint density at radius 1 is 1.00 bits per heavy atom. The molecule has 0 bridgehead atoms. The standard InChI is InChI=1S/C19H25ClN2O/c1-5-22(6-2)16-11-12-17(18(23)13-16)19(21(3)4)14-7-9-15(20)10-8-14/h7-13,19,23H,5-6H2,1-4H3. The molecule has 0 heterocycles. The molecular weight excluding hydrogens is 308 g/mol. The zero-order valence-corrected chi connectivity index (χ0v) is 15.0. The first-order chi connectivity index (χ1) is 11.0. The predicted molar refractivity (Wildman–Crippen MR) is 98.6 cm³/mol. The topological polar surface area (TPSA) is 26.7 Å². The maximum absolute atomic E-state index is 10.6. The van der Waals surface area contributed by atoms with Crippen LogP contribution in [-0.2, 0) is 0 Å². The Balaban J connectivity index is 2.42. The highest BCUT2D eigenvalue weighted by molar-refractivity contribution is 6.30. The summed E-state index contributed by atoms with van der Waals surface area (Å²) in [5.41, 5.74) is 3.04. The van der Waals surface area contributed by atoms with Crippen LogP contribution in [0.4, 0.5) is 5.69 Å². The number of hydrogen-bond donors (Lipinski definition) is 1. The van der Waals surface area contributed by atoms with Crippen LogP contribution in [0.5, 0.6) is 5.75 Å². The third kappa shape index (κ3) is 3.98. The van der Waals surface area contributed by atoms with Gasteiger partial charge in [0.1, 0.15) is 5.75 Å². The van der Waals surface area contributed by atoms with Gasteiger partial charge in [0.25, 0.3) is 0 Å². The maximum atomic E-state index is 10.6. The third-order valence-corrected chi connectivity index (χ3v) is 4.39. The molecule has 0 amide bonds. The van der Waals surface area contributed by atoms with Gasteiger partial charge in [-0.15, -0.1) is 0 Å². The first-order valence-corrected chi connectivity index (χ1v) is 8.35. The Labute approximate surface area is 144 Å². The van der Waals surface area contributed by atoms with Crippen molar-refractivity contribution in [2.45, 2.75) is 19.9 Å². The van der Waals surface area contributed by atoms with Crippen molar-refractivity contribution in [3.8, 4) is 5.75 Å². The van der Waals surface area contributed by atoms with Crippen molar-refractivity contribution in [3.63, 3.8) is 0 Å². The second-order valence-electron chi connectivity index (χ2n) is 5.83. The van der Waals surface area contributed by atoms with Crippen LogP contribution >= 0.6 is 11.6 Å². The molecule has 1 unspecified atom stereocenters. The lowest BCUT2D eigenvalue weighted by Gasteiger charge is -2.27. The van der Waals surface area contributed by atoms with Gasteiger partial charge in [-0.2, -0.15) is 0 Å². The molecule has 0 saturated heterocycles. The number of benzene rings is 2. The van der Waals surface area contributed by atoms with Crippen LogP contribution in [0.1, 0.15) is 31.0 Å². The summed E-state index contributed by atoms with van der Waals surface area (Å²) in [6.07, 6.45) is 0. The van der Waals surface area contributed by atoms with E-state index < -0.39 is 0 Å². The molecule has 0 aliphatic heterocycles. The van der Waals surface area contributed by atoms with Crippen LogP contribution < -0.4 is 4.90 Å². The summed E-state index contributed by atoms with van der Waals surface area (Å²) in [6, 6.07) is 13.7. The van der Waals surface area contributed by atoms with Gasteiger partial charge in [0.05, 0.1) is 6.04 Å². The lowest BCUT2D eigenvalue weighted by atomic mass is 9.96. The van der Waals surface area contributed by atoms with Crippen LogP contribution in [0.2, 0.25) is 5.02 Å². The lowest BCUT2D eigenvalue weighted by Crippen LogP contribution is -2.23. The summed E-state index contributed by atoms with van der Waals surface area (Å²) >= 11 is 5.99. The summed E-state index contributed by atoms with van der Waals surface area (Å²) < 4.78 is 0. The van der Waals surface area contributed by atoms with Gasteiger partial charge in [0.15, 0.2) is 0 Å². The molecule has 3 nitrogen and oxygen atoms in total. The highest BCUT2D eigenvalue weighted by atomic mass is 35.5. The number of rotatable bonds is 6. The minimum atomic E-state index is -0.0157. The molecule has 23 heavy (non-hydrogen) atoms. The molecule has 0 aliphatic carbocycles. The third-order valence-electron chi connectivity index (χ3n) is 4.14. The molecule has 1 N–H and O–H groups in total. The number of phenols is 1. The molecule has 0 aromatic heterocycles. The summed E-state index contributed by atoms with van der Waals surface area (Å²) in [5, 5.41) is 11.3. The van der Waals surface area contributed by atoms with E-state index in [2.05, 4.69) is 29.7 Å². The Hall–Kier alpha value is -1.71. The van der Waals surface area contributed by atoms with Gasteiger partial charge in [0, 0.05) is 35.4 Å². The Kier molecular flexibility index (Phi) is 5.91. The van der Waals surface area contributed by atoms with Crippen LogP contribution in [-0.4, -0.2) is 37.2 Å². The van der Waals surface area contributed by atoms with Gasteiger partial charge >= 0.3 is 0 Å². The molecule has 4 heteroatoms. The molecule has 0 fully saturated rings. The van der Waals surface area contributed by atoms with Gasteiger partial charge in [-0.3, -0.25) is 4.90 Å². The average molecular weight is 333 g/mol.